The Morgan fingerprint density at radius 3 is 2.46 bits per heavy atom. The molecule has 16 nitrogen and oxygen atoms in total. The number of benzene rings is 2. The second kappa shape index (κ2) is 12.8. The smallest absolute Gasteiger partial charge is 0.534 e. The van der Waals surface area contributed by atoms with Crippen LogP contribution in [-0.2, 0) is 31.0 Å². The van der Waals surface area contributed by atoms with Gasteiger partial charge in [0.2, 0.25) is 5.91 Å². The largest absolute Gasteiger partial charge is 0.547 e. The number of anilines is 1. The number of fused-ring (bicyclic) bond motifs is 1. The first-order chi connectivity index (χ1) is 21.3. The summed E-state index contributed by atoms with van der Waals surface area (Å²) in [7, 11) is -6.29. The van der Waals surface area contributed by atoms with E-state index in [1.807, 2.05) is 10.0 Å². The van der Waals surface area contributed by atoms with E-state index in [4.69, 9.17) is 9.79 Å². The molecule has 1 saturated heterocycles. The van der Waals surface area contributed by atoms with Crippen LogP contribution in [0.15, 0.2) is 36.4 Å². The normalized spacial score (nSPS) is 17.5. The lowest BCUT2D eigenvalue weighted by atomic mass is 9.72. The summed E-state index contributed by atoms with van der Waals surface area (Å²) in [6.45, 7) is -3.23. The Hall–Kier alpha value is -4.96. The highest BCUT2D eigenvalue weighted by Gasteiger charge is 2.43. The summed E-state index contributed by atoms with van der Waals surface area (Å²) in [6, 6.07) is 2.75. The van der Waals surface area contributed by atoms with Crippen LogP contribution in [0, 0.1) is 5.82 Å². The van der Waals surface area contributed by atoms with Crippen LogP contribution in [0.3, 0.4) is 0 Å². The first-order valence-electron chi connectivity index (χ1n) is 12.9. The molecule has 5 amide bonds. The van der Waals surface area contributed by atoms with Crippen LogP contribution < -0.4 is 25.1 Å². The zero-order chi connectivity index (χ0) is 34.1. The molecule has 246 valence electrons. The Labute approximate surface area is 256 Å². The van der Waals surface area contributed by atoms with E-state index in [-0.39, 0.29) is 38.8 Å². The van der Waals surface area contributed by atoms with Crippen molar-refractivity contribution in [2.24, 2.45) is 5.14 Å². The number of hydrogen-bond acceptors (Lipinski definition) is 9. The van der Waals surface area contributed by atoms with Crippen molar-refractivity contribution in [3.63, 3.8) is 0 Å². The van der Waals surface area contributed by atoms with E-state index in [9.17, 15) is 55.7 Å². The number of para-hydroxylation sites is 1. The highest BCUT2D eigenvalue weighted by Crippen LogP contribution is 2.31. The number of nitrogens with two attached hydrogens (primary N) is 1. The van der Waals surface area contributed by atoms with Crippen molar-refractivity contribution in [2.45, 2.75) is 24.6 Å². The standard InChI is InChI=1S/C24H23BF4N6O10S/c26-15-5-4-12(33-46(30,43)44)9-14(15)17(32-23(41)35-7-6-34(10-24(27,28)29)20(37)21(35)38)19(36)31-16-8-11-2-1-3-13(22(39)40)18(11)45-25(16)42/h1-5,9,16-17,33,42H,6-8,10H2,(H,31,36)(H,32,41)(H,39,40)(H2,30,43,44)/t16-,17?/m0/s1. The molecule has 22 heteroatoms. The van der Waals surface area contributed by atoms with E-state index >= 15 is 4.39 Å². The molecule has 1 fully saturated rings. The van der Waals surface area contributed by atoms with Crippen molar-refractivity contribution in [2.75, 3.05) is 24.4 Å². The molecule has 0 bridgehead atoms. The molecule has 2 aromatic carbocycles. The molecular formula is C24H23BF4N6O10S. The molecule has 0 aromatic heterocycles. The molecule has 2 aromatic rings. The molecule has 0 saturated carbocycles. The van der Waals surface area contributed by atoms with Crippen LogP contribution in [-0.4, -0.2) is 96.9 Å². The van der Waals surface area contributed by atoms with E-state index in [0.717, 1.165) is 12.1 Å². The lowest BCUT2D eigenvalue weighted by molar-refractivity contribution is -0.170. The summed E-state index contributed by atoms with van der Waals surface area (Å²) in [5, 5.41) is 29.2. The minimum atomic E-state index is -4.85. The van der Waals surface area contributed by atoms with Crippen LogP contribution >= 0.6 is 0 Å². The maximum atomic E-state index is 15.1. The number of urea groups is 1. The number of piperazine rings is 1. The van der Waals surface area contributed by atoms with Crippen LogP contribution in [0.4, 0.5) is 28.0 Å². The molecule has 0 aliphatic carbocycles. The number of carbonyl (C=O) groups is 5. The molecular weight excluding hydrogens is 651 g/mol. The minimum Gasteiger partial charge on any atom is -0.534 e. The summed E-state index contributed by atoms with van der Waals surface area (Å²) in [5.41, 5.74) is -1.15. The van der Waals surface area contributed by atoms with Crippen molar-refractivity contribution in [3.8, 4) is 5.75 Å². The minimum absolute atomic E-state index is 0.163. The summed E-state index contributed by atoms with van der Waals surface area (Å²) in [4.78, 5) is 63.3. The number of hydrogen-bond donors (Lipinski definition) is 6. The maximum Gasteiger partial charge on any atom is 0.547 e. The predicted octanol–water partition coefficient (Wildman–Crippen LogP) is -0.737. The van der Waals surface area contributed by atoms with E-state index in [2.05, 4.69) is 5.32 Å². The monoisotopic (exact) mass is 674 g/mol. The van der Waals surface area contributed by atoms with Gasteiger partial charge in [-0.15, -0.1) is 0 Å². The van der Waals surface area contributed by atoms with Gasteiger partial charge in [-0.25, -0.2) is 19.1 Å². The van der Waals surface area contributed by atoms with Gasteiger partial charge in [0.1, 0.15) is 24.2 Å². The van der Waals surface area contributed by atoms with Crippen LogP contribution in [0.2, 0.25) is 0 Å². The van der Waals surface area contributed by atoms with Crippen LogP contribution in [0.5, 0.6) is 5.75 Å². The van der Waals surface area contributed by atoms with Gasteiger partial charge in [-0.05, 0) is 36.2 Å². The van der Waals surface area contributed by atoms with Crippen molar-refractivity contribution in [1.29, 1.82) is 0 Å². The molecule has 2 heterocycles. The quantitative estimate of drug-likeness (QED) is 0.117. The Morgan fingerprint density at radius 1 is 1.13 bits per heavy atom. The van der Waals surface area contributed by atoms with Gasteiger partial charge in [0.25, 0.3) is 10.2 Å². The number of carboxylic acids is 1. The molecule has 0 spiro atoms. The zero-order valence-electron chi connectivity index (χ0n) is 23.1. The number of rotatable bonds is 8. The number of nitrogens with zero attached hydrogens (tertiary/aromatic N) is 2. The molecule has 2 aliphatic rings. The number of carboxylic acid groups (broad SMARTS) is 1. The lowest BCUT2D eigenvalue weighted by Gasteiger charge is -2.34. The van der Waals surface area contributed by atoms with E-state index in [1.165, 1.54) is 18.2 Å². The average Bonchev–Trinajstić information content (AvgIpc) is 2.94. The second-order valence-corrected chi connectivity index (χ2v) is 11.3. The third kappa shape index (κ3) is 7.81. The molecule has 1 unspecified atom stereocenters. The first kappa shape index (κ1) is 33.9. The molecule has 46 heavy (non-hydrogen) atoms. The number of nitrogens with one attached hydrogen (secondary N) is 3. The Morgan fingerprint density at radius 2 is 1.83 bits per heavy atom. The highest BCUT2D eigenvalue weighted by molar-refractivity contribution is 7.90. The third-order valence-electron chi connectivity index (χ3n) is 6.70. The first-order valence-corrected chi connectivity index (χ1v) is 14.5. The van der Waals surface area contributed by atoms with Gasteiger partial charge in [0, 0.05) is 18.7 Å². The number of carbonyl (C=O) groups excluding carboxylic acids is 4. The van der Waals surface area contributed by atoms with Gasteiger partial charge in [-0.3, -0.25) is 24.0 Å². The van der Waals surface area contributed by atoms with Gasteiger partial charge in [0.05, 0.1) is 17.2 Å². The zero-order valence-corrected chi connectivity index (χ0v) is 23.9. The van der Waals surface area contributed by atoms with Gasteiger partial charge in [0.15, 0.2) is 0 Å². The summed E-state index contributed by atoms with van der Waals surface area (Å²) >= 11 is 0. The number of aromatic carboxylic acids is 1. The van der Waals surface area contributed by atoms with Crippen molar-refractivity contribution < 1.29 is 64.7 Å². The van der Waals surface area contributed by atoms with Crippen molar-refractivity contribution in [1.82, 2.24) is 20.4 Å². The Balaban J connectivity index is 1.63. The topological polar surface area (TPSA) is 238 Å². The van der Waals surface area contributed by atoms with Crippen LogP contribution in [0.1, 0.15) is 27.5 Å². The summed E-state index contributed by atoms with van der Waals surface area (Å²) < 4.78 is 83.7. The molecule has 0 radical (unpaired) electrons. The highest BCUT2D eigenvalue weighted by atomic mass is 32.2. The third-order valence-corrected chi connectivity index (χ3v) is 7.22. The fourth-order valence-corrected chi connectivity index (χ4v) is 5.15. The van der Waals surface area contributed by atoms with Crippen molar-refractivity contribution in [3.05, 3.63) is 58.9 Å². The molecule has 2 aliphatic heterocycles. The number of halogens is 4. The lowest BCUT2D eigenvalue weighted by Crippen LogP contribution is -2.61. The van der Waals surface area contributed by atoms with Gasteiger partial charge < -0.3 is 30.3 Å². The SMILES string of the molecule is NS(=O)(=O)Nc1ccc(F)c(C(NC(=O)N2CCN(CC(F)(F)F)C(=O)C2=O)C(=O)N[C@H]2Cc3cccc(C(=O)O)c3OB2O)c1. The van der Waals surface area contributed by atoms with E-state index in [0.29, 0.717) is 6.07 Å². The molecule has 7 N–H and O–H groups in total. The van der Waals surface area contributed by atoms with E-state index < -0.39 is 96.2 Å². The number of alkyl halides is 3. The maximum absolute atomic E-state index is 15.1. The fraction of sp³-hybridized carbons (Fsp3) is 0.292. The summed E-state index contributed by atoms with van der Waals surface area (Å²) in [6.07, 6.45) is -5.08. The summed E-state index contributed by atoms with van der Waals surface area (Å²) in [5.74, 6) is -8.73. The Bertz CT molecular complexity index is 1710. The van der Waals surface area contributed by atoms with Gasteiger partial charge in [-0.2, -0.15) is 21.6 Å². The average molecular weight is 674 g/mol. The Kier molecular flexibility index (Phi) is 9.45. The van der Waals surface area contributed by atoms with E-state index in [1.54, 1.807) is 0 Å². The number of amides is 5. The van der Waals surface area contributed by atoms with Gasteiger partial charge >= 0.3 is 37.1 Å². The van der Waals surface area contributed by atoms with Gasteiger partial charge in [-0.1, -0.05) is 12.1 Å². The molecule has 4 rings (SSSR count). The number of imide groups is 1. The van der Waals surface area contributed by atoms with Crippen molar-refractivity contribution >= 4 is 52.7 Å². The second-order valence-electron chi connectivity index (χ2n) is 9.99. The fourth-order valence-electron chi connectivity index (χ4n) is 4.70. The molecule has 2 atom stereocenters. The van der Waals surface area contributed by atoms with Crippen LogP contribution in [0.25, 0.3) is 0 Å². The predicted molar refractivity (Wildman–Crippen MR) is 146 cm³/mol.